The summed E-state index contributed by atoms with van der Waals surface area (Å²) >= 11 is 0. The van der Waals surface area contributed by atoms with Crippen molar-refractivity contribution in [2.24, 2.45) is 11.3 Å². The number of aryl methyl sites for hydroxylation is 1. The zero-order valence-electron chi connectivity index (χ0n) is 11.5. The van der Waals surface area contributed by atoms with Gasteiger partial charge in [0.05, 0.1) is 5.60 Å². The summed E-state index contributed by atoms with van der Waals surface area (Å²) in [6.45, 7) is 8.89. The van der Waals surface area contributed by atoms with E-state index in [0.717, 1.165) is 18.4 Å². The Balaban J connectivity index is 2.39. The molecule has 2 rings (SSSR count). The van der Waals surface area contributed by atoms with Gasteiger partial charge in [0.15, 0.2) is 0 Å². The quantitative estimate of drug-likeness (QED) is 0.775. The van der Waals surface area contributed by atoms with Crippen LogP contribution in [0.4, 0.5) is 0 Å². The lowest BCUT2D eigenvalue weighted by Gasteiger charge is -2.45. The smallest absolute Gasteiger partial charge is 0.0906 e. The fourth-order valence-electron chi connectivity index (χ4n) is 3.83. The molecule has 0 spiro atoms. The molecule has 1 nitrogen and oxygen atoms in total. The molecule has 0 bridgehead atoms. The van der Waals surface area contributed by atoms with E-state index in [-0.39, 0.29) is 5.41 Å². The van der Waals surface area contributed by atoms with Gasteiger partial charge in [-0.05, 0) is 48.6 Å². The van der Waals surface area contributed by atoms with Gasteiger partial charge < -0.3 is 5.11 Å². The lowest BCUT2D eigenvalue weighted by atomic mass is 9.63. The fraction of sp³-hybridized carbons (Fsp3) is 0.625. The highest BCUT2D eigenvalue weighted by atomic mass is 16.3. The first-order valence-corrected chi connectivity index (χ1v) is 6.61. The van der Waals surface area contributed by atoms with Crippen LogP contribution in [-0.4, -0.2) is 5.11 Å². The number of benzene rings is 1. The van der Waals surface area contributed by atoms with Gasteiger partial charge >= 0.3 is 0 Å². The molecule has 17 heavy (non-hydrogen) atoms. The van der Waals surface area contributed by atoms with Crippen molar-refractivity contribution in [1.29, 1.82) is 0 Å². The summed E-state index contributed by atoms with van der Waals surface area (Å²) in [5.41, 5.74) is 1.93. The van der Waals surface area contributed by atoms with Gasteiger partial charge in [-0.25, -0.2) is 0 Å². The third kappa shape index (κ3) is 2.55. The second-order valence-corrected chi connectivity index (χ2v) is 6.70. The fourth-order valence-corrected chi connectivity index (χ4v) is 3.83. The van der Waals surface area contributed by atoms with Crippen molar-refractivity contribution in [2.45, 2.75) is 52.6 Å². The molecule has 1 aliphatic rings. The van der Waals surface area contributed by atoms with Gasteiger partial charge in [0.25, 0.3) is 0 Å². The Hall–Kier alpha value is -0.820. The van der Waals surface area contributed by atoms with Gasteiger partial charge in [0, 0.05) is 0 Å². The molecule has 0 aliphatic heterocycles. The predicted octanol–water partition coefficient (Wildman–Crippen LogP) is 4.03. The summed E-state index contributed by atoms with van der Waals surface area (Å²) in [5.74, 6) is 0.586. The highest BCUT2D eigenvalue weighted by molar-refractivity contribution is 5.32. The molecule has 1 saturated carbocycles. The Morgan fingerprint density at radius 2 is 1.82 bits per heavy atom. The van der Waals surface area contributed by atoms with E-state index in [0.29, 0.717) is 5.92 Å². The molecule has 1 fully saturated rings. The van der Waals surface area contributed by atoms with E-state index in [1.54, 1.807) is 0 Å². The lowest BCUT2D eigenvalue weighted by molar-refractivity contribution is -0.0639. The van der Waals surface area contributed by atoms with Crippen LogP contribution in [0.15, 0.2) is 24.3 Å². The predicted molar refractivity (Wildman–Crippen MR) is 71.9 cm³/mol. The van der Waals surface area contributed by atoms with Crippen LogP contribution in [0.2, 0.25) is 0 Å². The first-order valence-electron chi connectivity index (χ1n) is 6.61. The molecular formula is C16H24O. The van der Waals surface area contributed by atoms with Crippen molar-refractivity contribution >= 4 is 0 Å². The monoisotopic (exact) mass is 232 g/mol. The summed E-state index contributed by atoms with van der Waals surface area (Å²) in [4.78, 5) is 0. The van der Waals surface area contributed by atoms with Crippen LogP contribution < -0.4 is 0 Å². The number of aliphatic hydroxyl groups is 1. The van der Waals surface area contributed by atoms with Crippen LogP contribution in [-0.2, 0) is 5.60 Å². The second kappa shape index (κ2) is 4.13. The first kappa shape index (κ1) is 12.6. The Kier molecular flexibility index (Phi) is 3.07. The van der Waals surface area contributed by atoms with Crippen molar-refractivity contribution in [3.05, 3.63) is 35.4 Å². The van der Waals surface area contributed by atoms with Crippen molar-refractivity contribution in [1.82, 2.24) is 0 Å². The Morgan fingerprint density at radius 1 is 1.18 bits per heavy atom. The van der Waals surface area contributed by atoms with Crippen LogP contribution in [0.25, 0.3) is 0 Å². The van der Waals surface area contributed by atoms with Gasteiger partial charge in [-0.1, -0.05) is 45.0 Å². The van der Waals surface area contributed by atoms with Gasteiger partial charge in [0.1, 0.15) is 0 Å². The standard InChI is InChI=1S/C16H24O/c1-12-9-15(3,4)11-16(17,10-12)14-8-6-5-7-13(14)2/h5-8,12,17H,9-11H2,1-4H3. The summed E-state index contributed by atoms with van der Waals surface area (Å²) in [6.07, 6.45) is 2.97. The van der Waals surface area contributed by atoms with Crippen molar-refractivity contribution in [2.75, 3.05) is 0 Å². The molecule has 94 valence electrons. The molecular weight excluding hydrogens is 208 g/mol. The molecule has 1 aliphatic carbocycles. The maximum absolute atomic E-state index is 11.0. The molecule has 0 aromatic heterocycles. The minimum absolute atomic E-state index is 0.231. The van der Waals surface area contributed by atoms with Crippen LogP contribution in [0.5, 0.6) is 0 Å². The Labute approximate surface area is 105 Å². The van der Waals surface area contributed by atoms with Gasteiger partial charge in [0.2, 0.25) is 0 Å². The second-order valence-electron chi connectivity index (χ2n) is 6.70. The highest BCUT2D eigenvalue weighted by Crippen LogP contribution is 2.49. The summed E-state index contributed by atoms with van der Waals surface area (Å²) in [6, 6.07) is 8.26. The van der Waals surface area contributed by atoms with Crippen LogP contribution in [0, 0.1) is 18.3 Å². The van der Waals surface area contributed by atoms with E-state index in [9.17, 15) is 5.11 Å². The average molecular weight is 232 g/mol. The largest absolute Gasteiger partial charge is 0.385 e. The van der Waals surface area contributed by atoms with E-state index in [2.05, 4.69) is 39.8 Å². The minimum atomic E-state index is -0.632. The maximum Gasteiger partial charge on any atom is 0.0906 e. The summed E-state index contributed by atoms with van der Waals surface area (Å²) in [7, 11) is 0. The lowest BCUT2D eigenvalue weighted by Crippen LogP contribution is -2.40. The molecule has 0 amide bonds. The van der Waals surface area contributed by atoms with E-state index >= 15 is 0 Å². The maximum atomic E-state index is 11.0. The minimum Gasteiger partial charge on any atom is -0.385 e. The molecule has 0 radical (unpaired) electrons. The third-order valence-electron chi connectivity index (χ3n) is 4.00. The van der Waals surface area contributed by atoms with E-state index < -0.39 is 5.60 Å². The summed E-state index contributed by atoms with van der Waals surface area (Å²) < 4.78 is 0. The molecule has 2 atom stereocenters. The van der Waals surface area contributed by atoms with Crippen molar-refractivity contribution in [3.63, 3.8) is 0 Å². The zero-order valence-corrected chi connectivity index (χ0v) is 11.5. The SMILES string of the molecule is Cc1ccccc1C1(O)CC(C)CC(C)(C)C1. The molecule has 1 N–H and O–H groups in total. The highest BCUT2D eigenvalue weighted by Gasteiger charge is 2.43. The van der Waals surface area contributed by atoms with Crippen LogP contribution >= 0.6 is 0 Å². The number of hydrogen-bond acceptors (Lipinski definition) is 1. The third-order valence-corrected chi connectivity index (χ3v) is 4.00. The summed E-state index contributed by atoms with van der Waals surface area (Å²) in [5, 5.41) is 11.0. The molecule has 0 saturated heterocycles. The van der Waals surface area contributed by atoms with Crippen LogP contribution in [0.3, 0.4) is 0 Å². The molecule has 2 unspecified atom stereocenters. The Bertz CT molecular complexity index is 408. The topological polar surface area (TPSA) is 20.2 Å². The van der Waals surface area contributed by atoms with Crippen molar-refractivity contribution in [3.8, 4) is 0 Å². The van der Waals surface area contributed by atoms with Crippen molar-refractivity contribution < 1.29 is 5.11 Å². The zero-order chi connectivity index (χ0) is 12.7. The van der Waals surface area contributed by atoms with Gasteiger partial charge in [-0.3, -0.25) is 0 Å². The van der Waals surface area contributed by atoms with Crippen LogP contribution in [0.1, 0.15) is 51.2 Å². The molecule has 0 heterocycles. The molecule has 1 aromatic carbocycles. The van der Waals surface area contributed by atoms with Gasteiger partial charge in [-0.15, -0.1) is 0 Å². The molecule has 1 aromatic rings. The van der Waals surface area contributed by atoms with E-state index in [1.165, 1.54) is 12.0 Å². The first-order chi connectivity index (χ1) is 7.82. The average Bonchev–Trinajstić information content (AvgIpc) is 2.13. The van der Waals surface area contributed by atoms with E-state index in [4.69, 9.17) is 0 Å². The van der Waals surface area contributed by atoms with E-state index in [1.807, 2.05) is 12.1 Å². The number of hydrogen-bond donors (Lipinski definition) is 1. The van der Waals surface area contributed by atoms with Gasteiger partial charge in [-0.2, -0.15) is 0 Å². The molecule has 1 heteroatoms. The normalized spacial score (nSPS) is 32.4. The Morgan fingerprint density at radius 3 is 2.41 bits per heavy atom. The number of rotatable bonds is 1.